The van der Waals surface area contributed by atoms with E-state index in [1.165, 1.54) is 24.4 Å². The summed E-state index contributed by atoms with van der Waals surface area (Å²) in [4.78, 5) is 14.1. The molecular weight excluding hydrogens is 448 g/mol. The normalized spacial score (nSPS) is 17.7. The highest BCUT2D eigenvalue weighted by atomic mass is 32.1. The number of rotatable bonds is 6. The van der Waals surface area contributed by atoms with Crippen molar-refractivity contribution in [2.75, 3.05) is 38.2 Å². The van der Waals surface area contributed by atoms with E-state index in [9.17, 15) is 0 Å². The van der Waals surface area contributed by atoms with E-state index in [1.807, 2.05) is 18.5 Å². The van der Waals surface area contributed by atoms with E-state index in [4.69, 9.17) is 14.8 Å². The maximum absolute atomic E-state index is 5.56. The van der Waals surface area contributed by atoms with Crippen LogP contribution in [0, 0.1) is 5.41 Å². The van der Waals surface area contributed by atoms with E-state index in [2.05, 4.69) is 52.7 Å². The van der Waals surface area contributed by atoms with Crippen LogP contribution in [0.1, 0.15) is 39.2 Å². The van der Waals surface area contributed by atoms with Gasteiger partial charge in [0.05, 0.1) is 24.7 Å². The van der Waals surface area contributed by atoms with Gasteiger partial charge in [-0.1, -0.05) is 25.2 Å². The first-order chi connectivity index (χ1) is 16.4. The Hall–Kier alpha value is -2.98. The number of ether oxygens (including phenoxy) is 1. The van der Waals surface area contributed by atoms with Crippen LogP contribution >= 0.6 is 11.3 Å². The lowest BCUT2D eigenvalue weighted by Crippen LogP contribution is -2.73. The summed E-state index contributed by atoms with van der Waals surface area (Å²) in [5.41, 5.74) is 5.13. The minimum atomic E-state index is 0.262. The number of fused-ring (bicyclic) bond motifs is 1. The van der Waals surface area contributed by atoms with Gasteiger partial charge in [0.25, 0.3) is 0 Å². The fraction of sp³-hybridized carbons (Fsp3) is 0.500. The Bertz CT molecular complexity index is 1340. The Morgan fingerprint density at radius 3 is 2.62 bits per heavy atom. The second kappa shape index (κ2) is 7.78. The van der Waals surface area contributed by atoms with Crippen molar-refractivity contribution in [3.63, 3.8) is 0 Å². The van der Waals surface area contributed by atoms with E-state index in [0.29, 0.717) is 22.9 Å². The van der Waals surface area contributed by atoms with Crippen LogP contribution in [0.2, 0.25) is 0 Å². The van der Waals surface area contributed by atoms with Crippen LogP contribution in [0.5, 0.6) is 5.75 Å². The van der Waals surface area contributed by atoms with Crippen molar-refractivity contribution in [3.05, 3.63) is 30.4 Å². The number of nitrogens with zero attached hydrogens (tertiary/aromatic N) is 7. The molecule has 1 spiro atoms. The van der Waals surface area contributed by atoms with Crippen molar-refractivity contribution in [1.82, 2.24) is 34.7 Å². The predicted octanol–water partition coefficient (Wildman–Crippen LogP) is 3.91. The van der Waals surface area contributed by atoms with E-state index in [0.717, 1.165) is 40.6 Å². The highest BCUT2D eigenvalue weighted by Crippen LogP contribution is 2.46. The highest BCUT2D eigenvalue weighted by Gasteiger charge is 2.52. The lowest BCUT2D eigenvalue weighted by atomic mass is 9.72. The molecule has 2 saturated heterocycles. The Labute approximate surface area is 202 Å². The number of pyridine rings is 1. The third-order valence-electron chi connectivity index (χ3n) is 7.09. The summed E-state index contributed by atoms with van der Waals surface area (Å²) < 4.78 is 7.29. The van der Waals surface area contributed by atoms with Gasteiger partial charge in [-0.15, -0.1) is 0 Å². The topological polar surface area (TPSA) is 87.5 Å². The molecule has 2 fully saturated rings. The number of likely N-dealkylation sites (tertiary alicyclic amines) is 1. The summed E-state index contributed by atoms with van der Waals surface area (Å²) in [5.74, 6) is 0.933. The first-order valence-corrected chi connectivity index (χ1v) is 12.6. The van der Waals surface area contributed by atoms with Crippen molar-refractivity contribution in [2.45, 2.75) is 39.7 Å². The van der Waals surface area contributed by atoms with E-state index in [-0.39, 0.29) is 5.92 Å². The van der Waals surface area contributed by atoms with Gasteiger partial charge in [-0.3, -0.25) is 10.00 Å². The summed E-state index contributed by atoms with van der Waals surface area (Å²) in [6.07, 6.45) is 5.49. The van der Waals surface area contributed by atoms with Gasteiger partial charge in [-0.25, -0.2) is 14.5 Å². The first kappa shape index (κ1) is 21.5. The molecule has 2 aliphatic rings. The number of thiazole rings is 1. The maximum atomic E-state index is 5.56. The summed E-state index contributed by atoms with van der Waals surface area (Å²) >= 11 is 1.74. The molecule has 178 valence electrons. The third kappa shape index (κ3) is 3.31. The van der Waals surface area contributed by atoms with E-state index in [1.54, 1.807) is 23.0 Å². The lowest BCUT2D eigenvalue weighted by Gasteiger charge is -2.61. The fourth-order valence-electron chi connectivity index (χ4n) is 5.30. The quantitative estimate of drug-likeness (QED) is 0.450. The molecule has 34 heavy (non-hydrogen) atoms. The predicted molar refractivity (Wildman–Crippen MR) is 134 cm³/mol. The number of methoxy groups -OCH3 is 1. The van der Waals surface area contributed by atoms with Crippen LogP contribution in [-0.2, 0) is 0 Å². The molecule has 0 radical (unpaired) electrons. The molecule has 2 aliphatic heterocycles. The first-order valence-electron chi connectivity index (χ1n) is 11.8. The van der Waals surface area contributed by atoms with Gasteiger partial charge in [-0.2, -0.15) is 10.2 Å². The van der Waals surface area contributed by atoms with Gasteiger partial charge in [-0.05, 0) is 25.8 Å². The Kier molecular flexibility index (Phi) is 4.93. The van der Waals surface area contributed by atoms with Crippen molar-refractivity contribution in [1.29, 1.82) is 0 Å². The molecule has 0 aliphatic carbocycles. The van der Waals surface area contributed by atoms with Crippen LogP contribution in [0.4, 0.5) is 5.00 Å². The zero-order chi connectivity index (χ0) is 23.6. The van der Waals surface area contributed by atoms with Gasteiger partial charge >= 0.3 is 0 Å². The molecule has 4 aromatic heterocycles. The Balaban J connectivity index is 1.28. The van der Waals surface area contributed by atoms with Gasteiger partial charge < -0.3 is 9.64 Å². The monoisotopic (exact) mass is 478 g/mol. The number of H-pyrrole nitrogens is 1. The van der Waals surface area contributed by atoms with Crippen molar-refractivity contribution < 1.29 is 4.74 Å². The maximum Gasteiger partial charge on any atom is 0.197 e. The minimum absolute atomic E-state index is 0.262. The van der Waals surface area contributed by atoms with Crippen LogP contribution in [-0.4, -0.2) is 74.0 Å². The van der Waals surface area contributed by atoms with E-state index < -0.39 is 0 Å². The highest BCUT2D eigenvalue weighted by molar-refractivity contribution is 7.18. The summed E-state index contributed by atoms with van der Waals surface area (Å²) in [5, 5.41) is 14.5. The van der Waals surface area contributed by atoms with Gasteiger partial charge in [0.2, 0.25) is 0 Å². The number of nitrogens with one attached hydrogen (secondary N) is 1. The van der Waals surface area contributed by atoms with Crippen molar-refractivity contribution in [2.24, 2.45) is 5.41 Å². The summed E-state index contributed by atoms with van der Waals surface area (Å²) in [7, 11) is 1.65. The SMILES string of the molecule is COc1cc(-c2n[nH]c(-c3ncc(N4CC5(C4)CN(C(C)C)C5)s3)c2C(C)C)cn2ncnc12. The lowest BCUT2D eigenvalue weighted by molar-refractivity contribution is -0.0409. The number of hydrogen-bond donors (Lipinski definition) is 1. The zero-order valence-electron chi connectivity index (χ0n) is 20.2. The largest absolute Gasteiger partial charge is 0.493 e. The molecule has 0 unspecified atom stereocenters. The zero-order valence-corrected chi connectivity index (χ0v) is 21.1. The minimum Gasteiger partial charge on any atom is -0.493 e. The van der Waals surface area contributed by atoms with E-state index >= 15 is 0 Å². The number of hydrogen-bond acceptors (Lipinski definition) is 8. The molecule has 0 amide bonds. The molecule has 6 rings (SSSR count). The Morgan fingerprint density at radius 2 is 1.91 bits per heavy atom. The van der Waals surface area contributed by atoms with Gasteiger partial charge in [0, 0.05) is 55.0 Å². The molecule has 4 aromatic rings. The number of aromatic amines is 1. The molecular formula is C24H30N8OS. The average molecular weight is 479 g/mol. The van der Waals surface area contributed by atoms with Crippen LogP contribution in [0.25, 0.3) is 27.6 Å². The molecule has 1 N–H and O–H groups in total. The number of aromatic nitrogens is 6. The third-order valence-corrected chi connectivity index (χ3v) is 8.17. The summed E-state index contributed by atoms with van der Waals surface area (Å²) in [6.45, 7) is 13.6. The smallest absolute Gasteiger partial charge is 0.197 e. The molecule has 10 heteroatoms. The molecule has 0 aromatic carbocycles. The number of anilines is 1. The molecule has 0 atom stereocenters. The molecule has 9 nitrogen and oxygen atoms in total. The van der Waals surface area contributed by atoms with Crippen LogP contribution in [0.3, 0.4) is 0 Å². The van der Waals surface area contributed by atoms with Crippen molar-refractivity contribution in [3.8, 4) is 27.7 Å². The van der Waals surface area contributed by atoms with Gasteiger partial charge in [0.15, 0.2) is 11.4 Å². The van der Waals surface area contributed by atoms with Crippen LogP contribution < -0.4 is 9.64 Å². The fourth-order valence-corrected chi connectivity index (χ4v) is 6.22. The summed E-state index contributed by atoms with van der Waals surface area (Å²) in [6, 6.07) is 2.62. The molecule has 6 heterocycles. The van der Waals surface area contributed by atoms with Gasteiger partial charge in [0.1, 0.15) is 16.3 Å². The van der Waals surface area contributed by atoms with Crippen LogP contribution in [0.15, 0.2) is 24.8 Å². The molecule has 0 bridgehead atoms. The second-order valence-corrected chi connectivity index (χ2v) is 11.2. The average Bonchev–Trinajstić information content (AvgIpc) is 3.48. The standard InChI is InChI=1S/C24H30N8OS/c1-14(2)19-20(16-6-17(33-5)22-26-13-27-32(22)8-16)28-29-21(19)23-25-7-18(34-23)31-11-24(12-31)9-30(10-24)15(3)4/h6-8,13-15H,9-12H2,1-5H3,(H,28,29). The molecule has 0 saturated carbocycles. The Morgan fingerprint density at radius 1 is 1.12 bits per heavy atom. The van der Waals surface area contributed by atoms with Crippen molar-refractivity contribution >= 4 is 22.0 Å². The second-order valence-electron chi connectivity index (χ2n) is 10.2.